The van der Waals surface area contributed by atoms with Crippen molar-refractivity contribution < 1.29 is 8.42 Å². The van der Waals surface area contributed by atoms with E-state index in [4.69, 9.17) is 5.73 Å². The third-order valence-corrected chi connectivity index (χ3v) is 4.61. The molecule has 114 valence electrons. The van der Waals surface area contributed by atoms with Gasteiger partial charge in [0.2, 0.25) is 0 Å². The number of aryl methyl sites for hydroxylation is 3. The summed E-state index contributed by atoms with van der Waals surface area (Å²) in [4.78, 5) is 0.151. The largest absolute Gasteiger partial charge is 0.330 e. The van der Waals surface area contributed by atoms with Gasteiger partial charge in [-0.1, -0.05) is 6.07 Å². The van der Waals surface area contributed by atoms with E-state index in [1.165, 1.54) is 12.4 Å². The molecule has 0 unspecified atom stereocenters. The Balaban J connectivity index is 2.17. The monoisotopic (exact) mass is 308 g/mol. The van der Waals surface area contributed by atoms with Crippen molar-refractivity contribution in [2.45, 2.75) is 31.7 Å². The topological polar surface area (TPSA) is 90.0 Å². The standard InChI is InChI=1S/C14H20N4O2S/c1-11-4-5-13(8-12(11)2)17-21(19,20)14-9-16-18(10-14)7-3-6-15/h4-5,8-10,17H,3,6-7,15H2,1-2H3. The van der Waals surface area contributed by atoms with Crippen LogP contribution in [-0.2, 0) is 16.6 Å². The average molecular weight is 308 g/mol. The van der Waals surface area contributed by atoms with E-state index in [1.807, 2.05) is 26.0 Å². The lowest BCUT2D eigenvalue weighted by Gasteiger charge is -2.08. The van der Waals surface area contributed by atoms with Crippen LogP contribution in [0.1, 0.15) is 17.5 Å². The van der Waals surface area contributed by atoms with Crippen LogP contribution in [0.5, 0.6) is 0 Å². The van der Waals surface area contributed by atoms with Crippen LogP contribution in [0.25, 0.3) is 0 Å². The summed E-state index contributed by atoms with van der Waals surface area (Å²) >= 11 is 0. The fraction of sp³-hybridized carbons (Fsp3) is 0.357. The molecule has 0 aliphatic carbocycles. The third kappa shape index (κ3) is 3.83. The van der Waals surface area contributed by atoms with E-state index in [9.17, 15) is 8.42 Å². The van der Waals surface area contributed by atoms with Gasteiger partial charge in [-0.15, -0.1) is 0 Å². The highest BCUT2D eigenvalue weighted by molar-refractivity contribution is 7.92. The minimum Gasteiger partial charge on any atom is -0.330 e. The Morgan fingerprint density at radius 3 is 2.71 bits per heavy atom. The lowest BCUT2D eigenvalue weighted by Crippen LogP contribution is -2.12. The number of nitrogens with two attached hydrogens (primary N) is 1. The number of hydrogen-bond donors (Lipinski definition) is 2. The summed E-state index contributed by atoms with van der Waals surface area (Å²) in [6, 6.07) is 5.45. The maximum absolute atomic E-state index is 12.3. The molecule has 1 aromatic carbocycles. The molecule has 0 saturated heterocycles. The number of aromatic nitrogens is 2. The van der Waals surface area contributed by atoms with Crippen molar-refractivity contribution in [3.63, 3.8) is 0 Å². The third-order valence-electron chi connectivity index (χ3n) is 3.27. The van der Waals surface area contributed by atoms with Crippen molar-refractivity contribution >= 4 is 15.7 Å². The zero-order valence-electron chi connectivity index (χ0n) is 12.2. The minimum absolute atomic E-state index is 0.151. The zero-order chi connectivity index (χ0) is 15.5. The molecule has 3 N–H and O–H groups in total. The molecule has 6 nitrogen and oxygen atoms in total. The molecule has 21 heavy (non-hydrogen) atoms. The van der Waals surface area contributed by atoms with Crippen LogP contribution >= 0.6 is 0 Å². The highest BCUT2D eigenvalue weighted by Crippen LogP contribution is 2.18. The van der Waals surface area contributed by atoms with Gasteiger partial charge in [0.15, 0.2) is 0 Å². The first-order valence-corrected chi connectivity index (χ1v) is 8.23. The molecule has 0 radical (unpaired) electrons. The maximum atomic E-state index is 12.3. The van der Waals surface area contributed by atoms with Crippen LogP contribution in [-0.4, -0.2) is 24.7 Å². The van der Waals surface area contributed by atoms with Gasteiger partial charge >= 0.3 is 0 Å². The Kier molecular flexibility index (Phi) is 4.64. The predicted octanol–water partition coefficient (Wildman–Crippen LogP) is 1.65. The maximum Gasteiger partial charge on any atom is 0.265 e. The molecular formula is C14H20N4O2S. The number of nitrogens with zero attached hydrogens (tertiary/aromatic N) is 2. The first-order chi connectivity index (χ1) is 9.92. The number of benzene rings is 1. The summed E-state index contributed by atoms with van der Waals surface area (Å²) in [5.41, 5.74) is 8.13. The molecule has 0 bridgehead atoms. The number of hydrogen-bond acceptors (Lipinski definition) is 4. The molecule has 1 heterocycles. The van der Waals surface area contributed by atoms with E-state index in [2.05, 4.69) is 9.82 Å². The quantitative estimate of drug-likeness (QED) is 0.849. The average Bonchev–Trinajstić information content (AvgIpc) is 2.90. The van der Waals surface area contributed by atoms with Crippen LogP contribution in [0, 0.1) is 13.8 Å². The molecule has 2 rings (SSSR count). The Morgan fingerprint density at radius 1 is 1.29 bits per heavy atom. The van der Waals surface area contributed by atoms with Gasteiger partial charge in [-0.3, -0.25) is 9.40 Å². The van der Waals surface area contributed by atoms with Gasteiger partial charge < -0.3 is 5.73 Å². The van der Waals surface area contributed by atoms with Crippen LogP contribution < -0.4 is 10.5 Å². The summed E-state index contributed by atoms with van der Waals surface area (Å²) in [6.45, 7) is 5.07. The summed E-state index contributed by atoms with van der Waals surface area (Å²) in [5.74, 6) is 0. The molecular weight excluding hydrogens is 288 g/mol. The summed E-state index contributed by atoms with van der Waals surface area (Å²) < 4.78 is 28.7. The van der Waals surface area contributed by atoms with Crippen molar-refractivity contribution in [1.82, 2.24) is 9.78 Å². The van der Waals surface area contributed by atoms with Crippen molar-refractivity contribution in [2.24, 2.45) is 5.73 Å². The summed E-state index contributed by atoms with van der Waals surface area (Å²) in [7, 11) is -3.61. The number of anilines is 1. The van der Waals surface area contributed by atoms with Crippen molar-refractivity contribution in [3.8, 4) is 0 Å². The molecule has 0 fully saturated rings. The van der Waals surface area contributed by atoms with E-state index >= 15 is 0 Å². The lowest BCUT2D eigenvalue weighted by atomic mass is 10.1. The summed E-state index contributed by atoms with van der Waals surface area (Å²) in [6.07, 6.45) is 3.62. The molecule has 0 saturated carbocycles. The SMILES string of the molecule is Cc1ccc(NS(=O)(=O)c2cnn(CCCN)c2)cc1C. The highest BCUT2D eigenvalue weighted by Gasteiger charge is 2.16. The van der Waals surface area contributed by atoms with Crippen molar-refractivity contribution in [3.05, 3.63) is 41.7 Å². The van der Waals surface area contributed by atoms with Gasteiger partial charge in [0, 0.05) is 18.4 Å². The first kappa shape index (κ1) is 15.5. The van der Waals surface area contributed by atoms with Gasteiger partial charge in [0.05, 0.1) is 6.20 Å². The van der Waals surface area contributed by atoms with Gasteiger partial charge in [-0.25, -0.2) is 8.42 Å². The predicted molar refractivity (Wildman–Crippen MR) is 82.6 cm³/mol. The first-order valence-electron chi connectivity index (χ1n) is 6.75. The highest BCUT2D eigenvalue weighted by atomic mass is 32.2. The molecule has 1 aromatic heterocycles. The van der Waals surface area contributed by atoms with Gasteiger partial charge in [-0.05, 0) is 50.1 Å². The Bertz CT molecular complexity index is 722. The number of nitrogens with one attached hydrogen (secondary N) is 1. The molecule has 0 aliphatic rings. The van der Waals surface area contributed by atoms with E-state index in [0.717, 1.165) is 17.5 Å². The van der Waals surface area contributed by atoms with Crippen LogP contribution in [0.4, 0.5) is 5.69 Å². The molecule has 0 atom stereocenters. The van der Waals surface area contributed by atoms with Crippen LogP contribution in [0.3, 0.4) is 0 Å². The van der Waals surface area contributed by atoms with Gasteiger partial charge in [0.25, 0.3) is 10.0 Å². The fourth-order valence-electron chi connectivity index (χ4n) is 1.88. The summed E-state index contributed by atoms with van der Waals surface area (Å²) in [5, 5.41) is 4.04. The van der Waals surface area contributed by atoms with Gasteiger partial charge in [-0.2, -0.15) is 5.10 Å². The second kappa shape index (κ2) is 6.28. The number of sulfonamides is 1. The number of rotatable bonds is 6. The van der Waals surface area contributed by atoms with Crippen LogP contribution in [0.2, 0.25) is 0 Å². The van der Waals surface area contributed by atoms with Gasteiger partial charge in [0.1, 0.15) is 4.90 Å². The normalized spacial score (nSPS) is 11.6. The lowest BCUT2D eigenvalue weighted by molar-refractivity contribution is 0.582. The minimum atomic E-state index is -3.61. The Labute approximate surface area is 125 Å². The van der Waals surface area contributed by atoms with E-state index in [0.29, 0.717) is 18.8 Å². The smallest absolute Gasteiger partial charge is 0.265 e. The van der Waals surface area contributed by atoms with E-state index < -0.39 is 10.0 Å². The van der Waals surface area contributed by atoms with Crippen molar-refractivity contribution in [2.75, 3.05) is 11.3 Å². The van der Waals surface area contributed by atoms with E-state index in [1.54, 1.807) is 10.7 Å². The molecule has 0 amide bonds. The molecule has 2 aromatic rings. The molecule has 0 aliphatic heterocycles. The van der Waals surface area contributed by atoms with E-state index in [-0.39, 0.29) is 4.90 Å². The Morgan fingerprint density at radius 2 is 2.05 bits per heavy atom. The fourth-order valence-corrected chi connectivity index (χ4v) is 2.88. The molecule has 0 spiro atoms. The molecule has 7 heteroatoms. The Hall–Kier alpha value is -1.86. The second-order valence-electron chi connectivity index (χ2n) is 4.99. The second-order valence-corrected chi connectivity index (χ2v) is 6.67. The zero-order valence-corrected chi connectivity index (χ0v) is 13.0. The van der Waals surface area contributed by atoms with Crippen molar-refractivity contribution in [1.29, 1.82) is 0 Å². The van der Waals surface area contributed by atoms with Crippen LogP contribution in [0.15, 0.2) is 35.5 Å².